The smallest absolute Gasteiger partial charge is 0.230 e. The number of aromatic nitrogens is 1. The van der Waals surface area contributed by atoms with Gasteiger partial charge >= 0.3 is 0 Å². The van der Waals surface area contributed by atoms with Gasteiger partial charge in [0.05, 0.1) is 11.3 Å². The second-order valence-corrected chi connectivity index (χ2v) is 5.00. The van der Waals surface area contributed by atoms with Gasteiger partial charge in [-0.05, 0) is 30.5 Å². The van der Waals surface area contributed by atoms with Crippen molar-refractivity contribution in [1.29, 1.82) is 0 Å². The molecule has 0 atom stereocenters. The minimum Gasteiger partial charge on any atom is -0.367 e. The second kappa shape index (κ2) is 3.63. The number of halogens is 1. The van der Waals surface area contributed by atoms with Crippen LogP contribution < -0.4 is 5.73 Å². The zero-order valence-electron chi connectivity index (χ0n) is 8.61. The standard InChI is InChI=1S/C12H11BrN2O/c13-9-5-3-7(4-6-9)10-11(8-1-2-8)15-16-12(10)14/h3-6,8H,1-2,14H2. The molecule has 0 amide bonds. The summed E-state index contributed by atoms with van der Waals surface area (Å²) >= 11 is 3.42. The van der Waals surface area contributed by atoms with Crippen LogP contribution >= 0.6 is 15.9 Å². The first kappa shape index (κ1) is 9.90. The van der Waals surface area contributed by atoms with Gasteiger partial charge in [-0.3, -0.25) is 0 Å². The molecule has 0 bridgehead atoms. The average Bonchev–Trinajstić information content (AvgIpc) is 3.05. The van der Waals surface area contributed by atoms with Crippen LogP contribution in [0.3, 0.4) is 0 Å². The third kappa shape index (κ3) is 1.63. The van der Waals surface area contributed by atoms with Gasteiger partial charge in [-0.1, -0.05) is 33.2 Å². The quantitative estimate of drug-likeness (QED) is 0.914. The van der Waals surface area contributed by atoms with Crippen molar-refractivity contribution in [3.8, 4) is 11.1 Å². The first-order chi connectivity index (χ1) is 7.75. The molecular formula is C12H11BrN2O. The maximum atomic E-state index is 5.84. The lowest BCUT2D eigenvalue weighted by atomic mass is 10.0. The lowest BCUT2D eigenvalue weighted by Crippen LogP contribution is -1.88. The number of hydrogen-bond acceptors (Lipinski definition) is 3. The molecule has 3 rings (SSSR count). The van der Waals surface area contributed by atoms with Crippen LogP contribution in [0, 0.1) is 0 Å². The Balaban J connectivity index is 2.10. The van der Waals surface area contributed by atoms with E-state index in [9.17, 15) is 0 Å². The van der Waals surface area contributed by atoms with Gasteiger partial charge in [0.1, 0.15) is 0 Å². The van der Waals surface area contributed by atoms with Gasteiger partial charge in [0.15, 0.2) is 0 Å². The maximum Gasteiger partial charge on any atom is 0.230 e. The first-order valence-electron chi connectivity index (χ1n) is 5.26. The van der Waals surface area contributed by atoms with Crippen LogP contribution in [0.25, 0.3) is 11.1 Å². The summed E-state index contributed by atoms with van der Waals surface area (Å²) in [6.07, 6.45) is 2.38. The van der Waals surface area contributed by atoms with Crippen molar-refractivity contribution in [3.05, 3.63) is 34.4 Å². The molecule has 0 saturated heterocycles. The molecule has 0 unspecified atom stereocenters. The molecule has 0 aliphatic heterocycles. The number of nitrogens with zero attached hydrogens (tertiary/aromatic N) is 1. The predicted molar refractivity (Wildman–Crippen MR) is 66.0 cm³/mol. The molecule has 16 heavy (non-hydrogen) atoms. The van der Waals surface area contributed by atoms with Gasteiger partial charge in [-0.2, -0.15) is 0 Å². The van der Waals surface area contributed by atoms with E-state index in [1.165, 1.54) is 12.8 Å². The Morgan fingerprint density at radius 1 is 1.25 bits per heavy atom. The Morgan fingerprint density at radius 2 is 1.94 bits per heavy atom. The minimum atomic E-state index is 0.421. The summed E-state index contributed by atoms with van der Waals surface area (Å²) in [5, 5.41) is 4.06. The van der Waals surface area contributed by atoms with Gasteiger partial charge in [-0.25, -0.2) is 0 Å². The molecule has 4 heteroatoms. The molecule has 82 valence electrons. The molecule has 1 saturated carbocycles. The SMILES string of the molecule is Nc1onc(C2CC2)c1-c1ccc(Br)cc1. The first-order valence-corrected chi connectivity index (χ1v) is 6.06. The zero-order chi connectivity index (χ0) is 11.1. The Labute approximate surface area is 102 Å². The fourth-order valence-electron chi connectivity index (χ4n) is 1.86. The van der Waals surface area contributed by atoms with Crippen molar-refractivity contribution in [2.75, 3.05) is 5.73 Å². The van der Waals surface area contributed by atoms with Crippen LogP contribution in [0.1, 0.15) is 24.5 Å². The molecule has 1 aliphatic carbocycles. The second-order valence-electron chi connectivity index (χ2n) is 4.09. The number of anilines is 1. The molecule has 2 N–H and O–H groups in total. The molecule has 2 aromatic rings. The highest BCUT2D eigenvalue weighted by molar-refractivity contribution is 9.10. The van der Waals surface area contributed by atoms with Crippen molar-refractivity contribution in [1.82, 2.24) is 5.16 Å². The Morgan fingerprint density at radius 3 is 2.56 bits per heavy atom. The van der Waals surface area contributed by atoms with E-state index < -0.39 is 0 Å². The number of rotatable bonds is 2. The molecule has 3 nitrogen and oxygen atoms in total. The highest BCUT2D eigenvalue weighted by atomic mass is 79.9. The third-order valence-corrected chi connectivity index (χ3v) is 3.37. The van der Waals surface area contributed by atoms with Crippen LogP contribution in [0.15, 0.2) is 33.3 Å². The highest BCUT2D eigenvalue weighted by Gasteiger charge is 2.31. The summed E-state index contributed by atoms with van der Waals surface area (Å²) in [5.74, 6) is 0.962. The van der Waals surface area contributed by atoms with Crippen LogP contribution in [0.4, 0.5) is 5.88 Å². The third-order valence-electron chi connectivity index (χ3n) is 2.84. The van der Waals surface area contributed by atoms with E-state index in [1.54, 1.807) is 0 Å². The van der Waals surface area contributed by atoms with Crippen LogP contribution in [-0.4, -0.2) is 5.16 Å². The molecule has 1 aliphatic rings. The summed E-state index contributed by atoms with van der Waals surface area (Å²) in [6.45, 7) is 0. The Bertz CT molecular complexity index is 514. The number of hydrogen-bond donors (Lipinski definition) is 1. The van der Waals surface area contributed by atoms with Crippen molar-refractivity contribution in [2.24, 2.45) is 0 Å². The lowest BCUT2D eigenvalue weighted by Gasteiger charge is -2.01. The minimum absolute atomic E-state index is 0.421. The Kier molecular flexibility index (Phi) is 2.24. The van der Waals surface area contributed by atoms with Gasteiger partial charge in [0, 0.05) is 10.4 Å². The molecule has 1 aromatic carbocycles. The van der Waals surface area contributed by atoms with E-state index in [0.717, 1.165) is 21.3 Å². The zero-order valence-corrected chi connectivity index (χ0v) is 10.2. The van der Waals surface area contributed by atoms with Gasteiger partial charge in [-0.15, -0.1) is 0 Å². The van der Waals surface area contributed by atoms with E-state index >= 15 is 0 Å². The van der Waals surface area contributed by atoms with Crippen molar-refractivity contribution < 1.29 is 4.52 Å². The molecule has 0 radical (unpaired) electrons. The topological polar surface area (TPSA) is 52.0 Å². The normalized spacial score (nSPS) is 15.3. The number of nitrogens with two attached hydrogens (primary N) is 1. The fraction of sp³-hybridized carbons (Fsp3) is 0.250. The summed E-state index contributed by atoms with van der Waals surface area (Å²) in [4.78, 5) is 0. The summed E-state index contributed by atoms with van der Waals surface area (Å²) < 4.78 is 6.15. The monoisotopic (exact) mass is 278 g/mol. The van der Waals surface area contributed by atoms with Crippen molar-refractivity contribution >= 4 is 21.8 Å². The largest absolute Gasteiger partial charge is 0.367 e. The molecular weight excluding hydrogens is 268 g/mol. The highest BCUT2D eigenvalue weighted by Crippen LogP contribution is 2.45. The predicted octanol–water partition coefficient (Wildman–Crippen LogP) is 3.56. The van der Waals surface area contributed by atoms with Crippen LogP contribution in [0.5, 0.6) is 0 Å². The summed E-state index contributed by atoms with van der Waals surface area (Å²) in [7, 11) is 0. The number of benzene rings is 1. The molecule has 0 spiro atoms. The van der Waals surface area contributed by atoms with Gasteiger partial charge < -0.3 is 10.3 Å². The van der Waals surface area contributed by atoms with Crippen molar-refractivity contribution in [2.45, 2.75) is 18.8 Å². The lowest BCUT2D eigenvalue weighted by molar-refractivity contribution is 0.428. The van der Waals surface area contributed by atoms with E-state index in [2.05, 4.69) is 21.1 Å². The van der Waals surface area contributed by atoms with E-state index in [0.29, 0.717) is 11.8 Å². The van der Waals surface area contributed by atoms with Crippen molar-refractivity contribution in [3.63, 3.8) is 0 Å². The van der Waals surface area contributed by atoms with E-state index in [-0.39, 0.29) is 0 Å². The van der Waals surface area contributed by atoms with E-state index in [4.69, 9.17) is 10.3 Å². The summed E-state index contributed by atoms with van der Waals surface area (Å²) in [5.41, 5.74) is 8.89. The maximum absolute atomic E-state index is 5.84. The Hall–Kier alpha value is -1.29. The average molecular weight is 279 g/mol. The molecule has 1 heterocycles. The van der Waals surface area contributed by atoms with Gasteiger partial charge in [0.25, 0.3) is 0 Å². The number of nitrogen functional groups attached to an aromatic ring is 1. The molecule has 1 aromatic heterocycles. The fourth-order valence-corrected chi connectivity index (χ4v) is 2.12. The summed E-state index contributed by atoms with van der Waals surface area (Å²) in [6, 6.07) is 8.05. The van der Waals surface area contributed by atoms with Crippen LogP contribution in [0.2, 0.25) is 0 Å². The van der Waals surface area contributed by atoms with Gasteiger partial charge in [0.2, 0.25) is 5.88 Å². The molecule has 1 fully saturated rings. The van der Waals surface area contributed by atoms with Crippen LogP contribution in [-0.2, 0) is 0 Å². The van der Waals surface area contributed by atoms with E-state index in [1.807, 2.05) is 24.3 Å².